The second-order valence-corrected chi connectivity index (χ2v) is 7.46. The highest BCUT2D eigenvalue weighted by molar-refractivity contribution is 7.18. The van der Waals surface area contributed by atoms with Gasteiger partial charge in [0.15, 0.2) is 0 Å². The number of carboxylic acid groups (broad SMARTS) is 1. The number of hydrogen-bond acceptors (Lipinski definition) is 5. The molecule has 0 saturated heterocycles. The van der Waals surface area contributed by atoms with Crippen molar-refractivity contribution in [3.8, 4) is 0 Å². The molecule has 2 heterocycles. The lowest BCUT2D eigenvalue weighted by atomic mass is 9.98. The highest BCUT2D eigenvalue weighted by Crippen LogP contribution is 2.43. The summed E-state index contributed by atoms with van der Waals surface area (Å²) in [6, 6.07) is 0. The third kappa shape index (κ3) is 3.40. The fourth-order valence-electron chi connectivity index (χ4n) is 3.49. The predicted molar refractivity (Wildman–Crippen MR) is 104 cm³/mol. The summed E-state index contributed by atoms with van der Waals surface area (Å²) in [5.41, 5.74) is 0.365. The van der Waals surface area contributed by atoms with Crippen LogP contribution in [0.4, 0.5) is 0 Å². The summed E-state index contributed by atoms with van der Waals surface area (Å²) < 4.78 is 6.21. The van der Waals surface area contributed by atoms with E-state index >= 15 is 0 Å². The monoisotopic (exact) mass is 388 g/mol. The molecule has 1 aliphatic rings. The molecule has 0 spiro atoms. The number of allylic oxidation sites excluding steroid dienone is 3. The van der Waals surface area contributed by atoms with Gasteiger partial charge in [-0.2, -0.15) is 0 Å². The van der Waals surface area contributed by atoms with Gasteiger partial charge >= 0.3 is 11.7 Å². The van der Waals surface area contributed by atoms with Gasteiger partial charge in [-0.25, -0.2) is 4.79 Å². The first-order valence-electron chi connectivity index (χ1n) is 8.42. The van der Waals surface area contributed by atoms with Crippen molar-refractivity contribution in [2.75, 3.05) is 7.11 Å². The van der Waals surface area contributed by atoms with Crippen LogP contribution < -0.4 is 11.2 Å². The zero-order valence-electron chi connectivity index (χ0n) is 14.9. The van der Waals surface area contributed by atoms with Crippen LogP contribution >= 0.6 is 11.3 Å². The summed E-state index contributed by atoms with van der Waals surface area (Å²) in [6.07, 6.45) is 4.55. The lowest BCUT2D eigenvalue weighted by Gasteiger charge is -2.12. The molecule has 8 heteroatoms. The molecule has 0 aromatic carbocycles. The fourth-order valence-corrected chi connectivity index (χ4v) is 4.77. The van der Waals surface area contributed by atoms with Gasteiger partial charge in [0, 0.05) is 10.5 Å². The summed E-state index contributed by atoms with van der Waals surface area (Å²) in [6.45, 7) is 7.39. The zero-order chi connectivity index (χ0) is 19.7. The van der Waals surface area contributed by atoms with E-state index in [1.54, 1.807) is 6.08 Å². The number of thiophene rings is 1. The molecule has 2 N–H and O–H groups in total. The minimum atomic E-state index is -0.899. The first-order valence-corrected chi connectivity index (χ1v) is 9.24. The molecule has 0 amide bonds. The number of aromatic nitrogens is 2. The van der Waals surface area contributed by atoms with Crippen LogP contribution in [0.3, 0.4) is 0 Å². The van der Waals surface area contributed by atoms with Crippen LogP contribution in [-0.2, 0) is 22.5 Å². The Labute approximate surface area is 158 Å². The number of ether oxygens (including phenoxy) is 1. The first kappa shape index (κ1) is 18.9. The van der Waals surface area contributed by atoms with Gasteiger partial charge in [-0.3, -0.25) is 19.1 Å². The Hall–Kier alpha value is -2.87. The maximum absolute atomic E-state index is 13.1. The Kier molecular flexibility index (Phi) is 5.18. The number of nitrogens with zero attached hydrogens (tertiary/aromatic N) is 1. The van der Waals surface area contributed by atoms with Crippen molar-refractivity contribution in [3.05, 3.63) is 67.9 Å². The first-order chi connectivity index (χ1) is 12.9. The average Bonchev–Trinajstić information content (AvgIpc) is 3.15. The molecule has 1 unspecified atom stereocenters. The molecule has 2 aromatic rings. The summed E-state index contributed by atoms with van der Waals surface area (Å²) >= 11 is 1.36. The maximum Gasteiger partial charge on any atom is 0.329 e. The Morgan fingerprint density at radius 2 is 2.22 bits per heavy atom. The summed E-state index contributed by atoms with van der Waals surface area (Å²) in [5, 5.41) is 9.58. The minimum absolute atomic E-state index is 0.0168. The van der Waals surface area contributed by atoms with Gasteiger partial charge in [0.05, 0.1) is 25.5 Å². The number of H-pyrrole nitrogens is 1. The Morgan fingerprint density at radius 3 is 2.85 bits per heavy atom. The second kappa shape index (κ2) is 7.40. The number of fused-ring (bicyclic) bond motifs is 3. The van der Waals surface area contributed by atoms with Gasteiger partial charge in [-0.1, -0.05) is 25.3 Å². The second-order valence-electron chi connectivity index (χ2n) is 6.35. The van der Waals surface area contributed by atoms with E-state index in [9.17, 15) is 14.4 Å². The smallest absolute Gasteiger partial charge is 0.329 e. The SMILES string of the molecule is C=C/C=C(/Cn1c(=O)[nH]c2sc3c(c2c1=O)C(CC(=O)O)CC3)C(=C)OC. The van der Waals surface area contributed by atoms with E-state index in [1.165, 1.54) is 24.5 Å². The van der Waals surface area contributed by atoms with E-state index in [-0.39, 0.29) is 18.9 Å². The molecule has 0 bridgehead atoms. The standard InChI is InChI=1S/C19H20N2O5S/c1-4-5-12(10(2)26-3)9-21-18(24)16-15-11(8-14(22)23)6-7-13(15)27-17(16)20-19(21)25/h4-5,11H,1-2,6-9H2,3H3,(H,20,25)(H,22,23)/b12-5-. The average molecular weight is 388 g/mol. The van der Waals surface area contributed by atoms with Crippen LogP contribution in [0.2, 0.25) is 0 Å². The van der Waals surface area contributed by atoms with Crippen LogP contribution in [0, 0.1) is 0 Å². The zero-order valence-corrected chi connectivity index (χ0v) is 15.7. The third-order valence-corrected chi connectivity index (χ3v) is 5.93. The van der Waals surface area contributed by atoms with Crippen molar-refractivity contribution in [3.63, 3.8) is 0 Å². The molecule has 2 aromatic heterocycles. The minimum Gasteiger partial charge on any atom is -0.497 e. The van der Waals surface area contributed by atoms with Crippen LogP contribution in [0.1, 0.15) is 29.2 Å². The molecular weight excluding hydrogens is 368 g/mol. The van der Waals surface area contributed by atoms with E-state index < -0.39 is 17.2 Å². The number of hydrogen-bond donors (Lipinski definition) is 2. The highest BCUT2D eigenvalue weighted by Gasteiger charge is 2.31. The molecule has 0 saturated carbocycles. The molecule has 0 radical (unpaired) electrons. The molecule has 1 atom stereocenters. The lowest BCUT2D eigenvalue weighted by molar-refractivity contribution is -0.137. The molecule has 0 aliphatic heterocycles. The Morgan fingerprint density at radius 1 is 1.48 bits per heavy atom. The topological polar surface area (TPSA) is 101 Å². The van der Waals surface area contributed by atoms with E-state index in [0.29, 0.717) is 28.0 Å². The van der Waals surface area contributed by atoms with Crippen LogP contribution in [0.15, 0.2) is 46.2 Å². The van der Waals surface area contributed by atoms with Crippen molar-refractivity contribution in [1.29, 1.82) is 0 Å². The fraction of sp³-hybridized carbons (Fsp3) is 0.316. The van der Waals surface area contributed by atoms with Crippen LogP contribution in [0.5, 0.6) is 0 Å². The lowest BCUT2D eigenvalue weighted by Crippen LogP contribution is -2.35. The van der Waals surface area contributed by atoms with Gasteiger partial charge in [0.25, 0.3) is 5.56 Å². The van der Waals surface area contributed by atoms with Gasteiger partial charge in [0.1, 0.15) is 10.6 Å². The van der Waals surface area contributed by atoms with E-state index in [4.69, 9.17) is 9.84 Å². The number of rotatable bonds is 7. The van der Waals surface area contributed by atoms with Crippen molar-refractivity contribution in [1.82, 2.24) is 9.55 Å². The quantitative estimate of drug-likeness (QED) is 0.561. The molecule has 142 valence electrons. The predicted octanol–water partition coefficient (Wildman–Crippen LogP) is 2.53. The molecule has 7 nitrogen and oxygen atoms in total. The number of aliphatic carboxylic acids is 1. The van der Waals surface area contributed by atoms with Crippen LogP contribution in [-0.4, -0.2) is 27.7 Å². The molecule has 1 aliphatic carbocycles. The van der Waals surface area contributed by atoms with Gasteiger partial charge in [-0.05, 0) is 24.3 Å². The summed E-state index contributed by atoms with van der Waals surface area (Å²) in [7, 11) is 1.46. The van der Waals surface area contributed by atoms with Crippen molar-refractivity contribution < 1.29 is 14.6 Å². The van der Waals surface area contributed by atoms with Gasteiger partial charge in [0.2, 0.25) is 0 Å². The van der Waals surface area contributed by atoms with Gasteiger partial charge in [-0.15, -0.1) is 11.3 Å². The number of carboxylic acids is 1. The molecule has 0 fully saturated rings. The number of aryl methyl sites for hydroxylation is 1. The van der Waals surface area contributed by atoms with Crippen molar-refractivity contribution in [2.24, 2.45) is 0 Å². The van der Waals surface area contributed by atoms with E-state index in [1.807, 2.05) is 0 Å². The Bertz CT molecular complexity index is 1090. The number of carbonyl (C=O) groups is 1. The number of aromatic amines is 1. The van der Waals surface area contributed by atoms with E-state index in [2.05, 4.69) is 18.1 Å². The number of nitrogens with one attached hydrogen (secondary N) is 1. The van der Waals surface area contributed by atoms with E-state index in [0.717, 1.165) is 21.4 Å². The summed E-state index contributed by atoms with van der Waals surface area (Å²) in [5.74, 6) is -0.777. The van der Waals surface area contributed by atoms with Crippen LogP contribution in [0.25, 0.3) is 10.2 Å². The Balaban J connectivity index is 2.16. The molecule has 27 heavy (non-hydrogen) atoms. The highest BCUT2D eigenvalue weighted by atomic mass is 32.1. The molecule has 3 rings (SSSR count). The molecular formula is C19H20N2O5S. The largest absolute Gasteiger partial charge is 0.497 e. The number of methoxy groups -OCH3 is 1. The van der Waals surface area contributed by atoms with Gasteiger partial charge < -0.3 is 9.84 Å². The van der Waals surface area contributed by atoms with Crippen molar-refractivity contribution >= 4 is 27.5 Å². The van der Waals surface area contributed by atoms with Crippen molar-refractivity contribution in [2.45, 2.75) is 31.7 Å². The summed E-state index contributed by atoms with van der Waals surface area (Å²) in [4.78, 5) is 41.0. The third-order valence-electron chi connectivity index (χ3n) is 4.75. The normalized spacial score (nSPS) is 16.3. The maximum atomic E-state index is 13.1.